The Labute approximate surface area is 136 Å². The van der Waals surface area contributed by atoms with Gasteiger partial charge in [-0.3, -0.25) is 0 Å². The van der Waals surface area contributed by atoms with Crippen molar-refractivity contribution >= 4 is 17.4 Å². The molecule has 0 saturated heterocycles. The first-order valence-corrected chi connectivity index (χ1v) is 8.51. The van der Waals surface area contributed by atoms with E-state index in [2.05, 4.69) is 55.7 Å². The van der Waals surface area contributed by atoms with E-state index in [9.17, 15) is 4.79 Å². The van der Waals surface area contributed by atoms with E-state index < -0.39 is 0 Å². The zero-order chi connectivity index (χ0) is 15.9. The number of thiophene rings is 1. The maximum Gasteiger partial charge on any atom is 0.315 e. The quantitative estimate of drug-likeness (QED) is 0.800. The van der Waals surface area contributed by atoms with Gasteiger partial charge < -0.3 is 10.6 Å². The summed E-state index contributed by atoms with van der Waals surface area (Å²) in [6.45, 7) is 6.99. The molecule has 4 heteroatoms. The van der Waals surface area contributed by atoms with E-state index in [1.807, 2.05) is 18.2 Å². The minimum Gasteiger partial charge on any atom is -0.333 e. The fourth-order valence-electron chi connectivity index (χ4n) is 2.39. The van der Waals surface area contributed by atoms with Gasteiger partial charge in [0.25, 0.3) is 0 Å². The van der Waals surface area contributed by atoms with Crippen LogP contribution in [0.1, 0.15) is 41.6 Å². The predicted octanol–water partition coefficient (Wildman–Crippen LogP) is 4.64. The Bertz CT molecular complexity index is 592. The number of hydrogen-bond acceptors (Lipinski definition) is 2. The van der Waals surface area contributed by atoms with E-state index in [0.29, 0.717) is 12.5 Å². The molecule has 2 aromatic rings. The fraction of sp³-hybridized carbons (Fsp3) is 0.389. The molecule has 118 valence electrons. The lowest BCUT2D eigenvalue weighted by molar-refractivity contribution is 0.235. The molecule has 0 fully saturated rings. The summed E-state index contributed by atoms with van der Waals surface area (Å²) in [6.07, 6.45) is 0.926. The number of benzene rings is 1. The molecule has 22 heavy (non-hydrogen) atoms. The lowest BCUT2D eigenvalue weighted by Crippen LogP contribution is -2.37. The summed E-state index contributed by atoms with van der Waals surface area (Å²) in [5.41, 5.74) is 1.15. The molecule has 3 nitrogen and oxygen atoms in total. The highest BCUT2D eigenvalue weighted by Gasteiger charge is 2.15. The van der Waals surface area contributed by atoms with Crippen molar-refractivity contribution in [1.82, 2.24) is 10.6 Å². The van der Waals surface area contributed by atoms with Crippen molar-refractivity contribution < 1.29 is 4.79 Å². The van der Waals surface area contributed by atoms with Crippen LogP contribution in [-0.4, -0.2) is 6.03 Å². The lowest BCUT2D eigenvalue weighted by Gasteiger charge is -2.21. The van der Waals surface area contributed by atoms with Crippen molar-refractivity contribution in [2.75, 3.05) is 0 Å². The molecule has 0 bridgehead atoms. The zero-order valence-corrected chi connectivity index (χ0v) is 14.2. The summed E-state index contributed by atoms with van der Waals surface area (Å²) >= 11 is 1.71. The van der Waals surface area contributed by atoms with Gasteiger partial charge in [-0.2, -0.15) is 0 Å². The molecule has 1 atom stereocenters. The van der Waals surface area contributed by atoms with Gasteiger partial charge in [0.1, 0.15) is 0 Å². The molecule has 1 unspecified atom stereocenters. The minimum atomic E-state index is -0.111. The summed E-state index contributed by atoms with van der Waals surface area (Å²) in [6, 6.07) is 14.2. The zero-order valence-electron chi connectivity index (χ0n) is 13.4. The molecule has 1 heterocycles. The number of carbonyl (C=O) groups excluding carboxylic acids is 1. The van der Waals surface area contributed by atoms with Crippen LogP contribution in [0.4, 0.5) is 4.79 Å². The molecule has 2 rings (SSSR count). The van der Waals surface area contributed by atoms with Crippen LogP contribution >= 0.6 is 11.3 Å². The summed E-state index contributed by atoms with van der Waals surface area (Å²) in [5, 5.41) is 6.04. The average Bonchev–Trinajstić information content (AvgIpc) is 2.91. The summed E-state index contributed by atoms with van der Waals surface area (Å²) in [4.78, 5) is 14.6. The van der Waals surface area contributed by atoms with Gasteiger partial charge in [-0.25, -0.2) is 4.79 Å². The van der Waals surface area contributed by atoms with Gasteiger partial charge in [0.05, 0.1) is 12.6 Å². The maximum atomic E-state index is 12.2. The first kappa shape index (κ1) is 16.6. The Hall–Kier alpha value is -1.81. The van der Waals surface area contributed by atoms with Crippen LogP contribution < -0.4 is 10.6 Å². The maximum absolute atomic E-state index is 12.2. The SMILES string of the molecule is Cc1ccc(CNC(=O)NC(CC(C)C)c2ccccc2)s1. The van der Waals surface area contributed by atoms with Crippen molar-refractivity contribution in [3.05, 3.63) is 57.8 Å². The Morgan fingerprint density at radius 2 is 1.86 bits per heavy atom. The average molecular weight is 316 g/mol. The van der Waals surface area contributed by atoms with E-state index in [4.69, 9.17) is 0 Å². The summed E-state index contributed by atoms with van der Waals surface area (Å²) < 4.78 is 0. The first-order chi connectivity index (χ1) is 10.5. The largest absolute Gasteiger partial charge is 0.333 e. The van der Waals surface area contributed by atoms with Crippen molar-refractivity contribution in [3.63, 3.8) is 0 Å². The van der Waals surface area contributed by atoms with Gasteiger partial charge in [0, 0.05) is 9.75 Å². The molecule has 1 aromatic heterocycles. The van der Waals surface area contributed by atoms with Crippen LogP contribution in [0.3, 0.4) is 0 Å². The van der Waals surface area contributed by atoms with Gasteiger partial charge in [-0.1, -0.05) is 44.2 Å². The van der Waals surface area contributed by atoms with E-state index in [0.717, 1.165) is 12.0 Å². The molecule has 0 spiro atoms. The van der Waals surface area contributed by atoms with Crippen LogP contribution in [0.25, 0.3) is 0 Å². The second kappa shape index (κ2) is 7.99. The van der Waals surface area contributed by atoms with Crippen molar-refractivity contribution in [2.45, 2.75) is 39.8 Å². The van der Waals surface area contributed by atoms with Gasteiger partial charge in [0.2, 0.25) is 0 Å². The van der Waals surface area contributed by atoms with Crippen molar-refractivity contribution in [3.8, 4) is 0 Å². The highest BCUT2D eigenvalue weighted by Crippen LogP contribution is 2.21. The first-order valence-electron chi connectivity index (χ1n) is 7.69. The van der Waals surface area contributed by atoms with E-state index in [-0.39, 0.29) is 12.1 Å². The van der Waals surface area contributed by atoms with Crippen molar-refractivity contribution in [2.24, 2.45) is 5.92 Å². The van der Waals surface area contributed by atoms with Crippen LogP contribution in [0.5, 0.6) is 0 Å². The molecule has 0 aliphatic carbocycles. The standard InChI is InChI=1S/C18H24N2OS/c1-13(2)11-17(15-7-5-4-6-8-15)20-18(21)19-12-16-10-9-14(3)22-16/h4-10,13,17H,11-12H2,1-3H3,(H2,19,20,21). The molecule has 1 aromatic carbocycles. The highest BCUT2D eigenvalue weighted by atomic mass is 32.1. The monoisotopic (exact) mass is 316 g/mol. The fourth-order valence-corrected chi connectivity index (χ4v) is 3.22. The molecule has 0 radical (unpaired) electrons. The molecular weight excluding hydrogens is 292 g/mol. The third-order valence-corrected chi connectivity index (χ3v) is 4.43. The predicted molar refractivity (Wildman–Crippen MR) is 93.1 cm³/mol. The second-order valence-corrected chi connectivity index (χ2v) is 7.30. The van der Waals surface area contributed by atoms with E-state index in [1.54, 1.807) is 11.3 Å². The highest BCUT2D eigenvalue weighted by molar-refractivity contribution is 7.11. The Morgan fingerprint density at radius 3 is 2.45 bits per heavy atom. The third-order valence-electron chi connectivity index (χ3n) is 3.43. The smallest absolute Gasteiger partial charge is 0.315 e. The van der Waals surface area contributed by atoms with Crippen LogP contribution in [0.2, 0.25) is 0 Å². The Kier molecular flexibility index (Phi) is 6.01. The minimum absolute atomic E-state index is 0.0475. The number of carbonyl (C=O) groups is 1. The summed E-state index contributed by atoms with van der Waals surface area (Å²) in [5.74, 6) is 0.519. The number of rotatable bonds is 6. The van der Waals surface area contributed by atoms with Crippen LogP contribution in [0.15, 0.2) is 42.5 Å². The Morgan fingerprint density at radius 1 is 1.14 bits per heavy atom. The van der Waals surface area contributed by atoms with Gasteiger partial charge >= 0.3 is 6.03 Å². The van der Waals surface area contributed by atoms with Crippen molar-refractivity contribution in [1.29, 1.82) is 0 Å². The Balaban J connectivity index is 1.93. The van der Waals surface area contributed by atoms with Crippen LogP contribution in [-0.2, 0) is 6.54 Å². The number of nitrogens with one attached hydrogen (secondary N) is 2. The van der Waals surface area contributed by atoms with E-state index >= 15 is 0 Å². The normalized spacial score (nSPS) is 12.2. The lowest BCUT2D eigenvalue weighted by atomic mass is 9.97. The van der Waals surface area contributed by atoms with Gasteiger partial charge in [0.15, 0.2) is 0 Å². The van der Waals surface area contributed by atoms with Gasteiger partial charge in [-0.15, -0.1) is 11.3 Å². The molecule has 2 amide bonds. The van der Waals surface area contributed by atoms with E-state index in [1.165, 1.54) is 9.75 Å². The number of amides is 2. The third kappa shape index (κ3) is 5.19. The number of urea groups is 1. The summed E-state index contributed by atoms with van der Waals surface area (Å²) in [7, 11) is 0. The topological polar surface area (TPSA) is 41.1 Å². The van der Waals surface area contributed by atoms with Gasteiger partial charge in [-0.05, 0) is 37.0 Å². The molecular formula is C18H24N2OS. The molecule has 0 aliphatic rings. The second-order valence-electron chi connectivity index (χ2n) is 5.93. The number of hydrogen-bond donors (Lipinski definition) is 2. The molecule has 0 saturated carbocycles. The van der Waals surface area contributed by atoms with Crippen LogP contribution in [0, 0.1) is 12.8 Å². The molecule has 2 N–H and O–H groups in total. The number of aryl methyl sites for hydroxylation is 1. The molecule has 0 aliphatic heterocycles.